The Hall–Kier alpha value is -1.15. The van der Waals surface area contributed by atoms with Crippen LogP contribution in [0.25, 0.3) is 0 Å². The third kappa shape index (κ3) is 2.81. The molecular weight excluding hydrogens is 224 g/mol. The van der Waals surface area contributed by atoms with E-state index in [-0.39, 0.29) is 5.78 Å². The molecule has 0 aromatic heterocycles. The maximum absolute atomic E-state index is 11.7. The van der Waals surface area contributed by atoms with E-state index in [2.05, 4.69) is 13.0 Å². The first-order valence-electron chi connectivity index (χ1n) is 6.84. The lowest BCUT2D eigenvalue weighted by Gasteiger charge is -2.28. The number of aryl methyl sites for hydroxylation is 1. The molecule has 2 heteroatoms. The van der Waals surface area contributed by atoms with Crippen LogP contribution in [0.4, 0.5) is 0 Å². The minimum atomic E-state index is 0.161. The molecule has 18 heavy (non-hydrogen) atoms. The molecule has 0 unspecified atom stereocenters. The fourth-order valence-electron chi connectivity index (χ4n) is 3.00. The summed E-state index contributed by atoms with van der Waals surface area (Å²) in [7, 11) is 0. The van der Waals surface area contributed by atoms with Gasteiger partial charge < -0.3 is 5.11 Å². The van der Waals surface area contributed by atoms with E-state index in [1.165, 1.54) is 11.1 Å². The van der Waals surface area contributed by atoms with Crippen LogP contribution in [0.15, 0.2) is 18.2 Å². The van der Waals surface area contributed by atoms with Crippen molar-refractivity contribution >= 4 is 5.78 Å². The lowest BCUT2D eigenvalue weighted by atomic mass is 9.77. The Balaban J connectivity index is 2.22. The molecule has 0 bridgehead atoms. The third-order valence-corrected chi connectivity index (χ3v) is 4.13. The lowest BCUT2D eigenvalue weighted by Crippen LogP contribution is -2.17. The fraction of sp³-hybridized carbons (Fsp3) is 0.562. The quantitative estimate of drug-likeness (QED) is 0.829. The van der Waals surface area contributed by atoms with Gasteiger partial charge in [0, 0.05) is 12.2 Å². The van der Waals surface area contributed by atoms with Gasteiger partial charge in [0.15, 0.2) is 5.78 Å². The molecule has 0 atom stereocenters. The normalized spacial score (nSPS) is 23.9. The molecule has 98 valence electrons. The minimum Gasteiger partial charge on any atom is -0.396 e. The van der Waals surface area contributed by atoms with Crippen molar-refractivity contribution < 1.29 is 9.90 Å². The van der Waals surface area contributed by atoms with Gasteiger partial charge in [0.1, 0.15) is 0 Å². The summed E-state index contributed by atoms with van der Waals surface area (Å²) >= 11 is 0. The van der Waals surface area contributed by atoms with Crippen molar-refractivity contribution in [3.05, 3.63) is 34.9 Å². The predicted molar refractivity (Wildman–Crippen MR) is 73.0 cm³/mol. The van der Waals surface area contributed by atoms with E-state index < -0.39 is 0 Å². The molecule has 1 aliphatic carbocycles. The van der Waals surface area contributed by atoms with Crippen LogP contribution in [0.3, 0.4) is 0 Å². The standard InChI is InChI=1S/C16H22O2/c1-11-3-8-15(12(2)18)16(9-11)14-6-4-13(10-17)5-7-14/h3,8-9,13-14,17H,4-7,10H2,1-2H3. The number of hydrogen-bond acceptors (Lipinski definition) is 2. The first-order chi connectivity index (χ1) is 8.61. The molecule has 2 rings (SSSR count). The van der Waals surface area contributed by atoms with E-state index in [0.717, 1.165) is 31.2 Å². The van der Waals surface area contributed by atoms with Gasteiger partial charge in [0.2, 0.25) is 0 Å². The SMILES string of the molecule is CC(=O)c1ccc(C)cc1C1CCC(CO)CC1. The maximum atomic E-state index is 11.7. The molecule has 1 saturated carbocycles. The number of hydrogen-bond donors (Lipinski definition) is 1. The average Bonchev–Trinajstić information content (AvgIpc) is 2.38. The van der Waals surface area contributed by atoms with Crippen LogP contribution in [-0.4, -0.2) is 17.5 Å². The topological polar surface area (TPSA) is 37.3 Å². The van der Waals surface area contributed by atoms with Gasteiger partial charge >= 0.3 is 0 Å². The summed E-state index contributed by atoms with van der Waals surface area (Å²) in [5, 5.41) is 9.18. The number of carbonyl (C=O) groups excluding carboxylic acids is 1. The zero-order chi connectivity index (χ0) is 13.1. The highest BCUT2D eigenvalue weighted by molar-refractivity contribution is 5.95. The summed E-state index contributed by atoms with van der Waals surface area (Å²) in [4.78, 5) is 11.7. The number of ketones is 1. The van der Waals surface area contributed by atoms with E-state index in [9.17, 15) is 9.90 Å². The second-order valence-corrected chi connectivity index (χ2v) is 5.55. The smallest absolute Gasteiger partial charge is 0.160 e. The van der Waals surface area contributed by atoms with Crippen molar-refractivity contribution in [2.75, 3.05) is 6.61 Å². The first kappa shape index (κ1) is 13.3. The molecular formula is C16H22O2. The van der Waals surface area contributed by atoms with Gasteiger partial charge in [-0.15, -0.1) is 0 Å². The highest BCUT2D eigenvalue weighted by atomic mass is 16.3. The summed E-state index contributed by atoms with van der Waals surface area (Å²) in [6.45, 7) is 4.03. The molecule has 1 N–H and O–H groups in total. The largest absolute Gasteiger partial charge is 0.396 e. The molecule has 0 aliphatic heterocycles. The Kier molecular flexibility index (Phi) is 4.18. The summed E-state index contributed by atoms with van der Waals surface area (Å²) in [5.41, 5.74) is 3.33. The van der Waals surface area contributed by atoms with E-state index in [1.807, 2.05) is 12.1 Å². The van der Waals surface area contributed by atoms with Crippen LogP contribution in [0.2, 0.25) is 0 Å². The van der Waals surface area contributed by atoms with E-state index in [0.29, 0.717) is 18.4 Å². The molecule has 0 radical (unpaired) electrons. The number of aliphatic hydroxyl groups excluding tert-OH is 1. The zero-order valence-corrected chi connectivity index (χ0v) is 11.3. The van der Waals surface area contributed by atoms with Gasteiger partial charge in [-0.05, 0) is 56.9 Å². The highest BCUT2D eigenvalue weighted by Gasteiger charge is 2.24. The highest BCUT2D eigenvalue weighted by Crippen LogP contribution is 2.37. The number of aliphatic hydroxyl groups is 1. The zero-order valence-electron chi connectivity index (χ0n) is 11.3. The summed E-state index contributed by atoms with van der Waals surface area (Å²) in [6, 6.07) is 6.14. The van der Waals surface area contributed by atoms with Crippen molar-refractivity contribution in [1.29, 1.82) is 0 Å². The van der Waals surface area contributed by atoms with Crippen LogP contribution in [0.1, 0.15) is 60.0 Å². The second kappa shape index (κ2) is 5.66. The Morgan fingerprint density at radius 3 is 2.50 bits per heavy atom. The second-order valence-electron chi connectivity index (χ2n) is 5.55. The number of rotatable bonds is 3. The summed E-state index contributed by atoms with van der Waals surface area (Å²) < 4.78 is 0. The van der Waals surface area contributed by atoms with Gasteiger partial charge in [-0.1, -0.05) is 23.8 Å². The monoisotopic (exact) mass is 246 g/mol. The van der Waals surface area contributed by atoms with Crippen molar-refractivity contribution in [3.63, 3.8) is 0 Å². The van der Waals surface area contributed by atoms with E-state index >= 15 is 0 Å². The minimum absolute atomic E-state index is 0.161. The van der Waals surface area contributed by atoms with Crippen LogP contribution < -0.4 is 0 Å². The average molecular weight is 246 g/mol. The molecule has 0 spiro atoms. The Morgan fingerprint density at radius 2 is 1.94 bits per heavy atom. The summed E-state index contributed by atoms with van der Waals surface area (Å²) in [5.74, 6) is 1.12. The maximum Gasteiger partial charge on any atom is 0.160 e. The first-order valence-corrected chi connectivity index (χ1v) is 6.84. The van der Waals surface area contributed by atoms with Crippen molar-refractivity contribution in [3.8, 4) is 0 Å². The molecule has 1 aromatic rings. The Bertz CT molecular complexity index is 429. The van der Waals surface area contributed by atoms with Crippen LogP contribution >= 0.6 is 0 Å². The molecule has 0 saturated heterocycles. The number of benzene rings is 1. The molecule has 2 nitrogen and oxygen atoms in total. The summed E-state index contributed by atoms with van der Waals surface area (Å²) in [6.07, 6.45) is 4.34. The lowest BCUT2D eigenvalue weighted by molar-refractivity contribution is 0.101. The molecule has 0 heterocycles. The Labute approximate surface area is 109 Å². The number of carbonyl (C=O) groups is 1. The van der Waals surface area contributed by atoms with Crippen LogP contribution in [0.5, 0.6) is 0 Å². The van der Waals surface area contributed by atoms with E-state index in [1.54, 1.807) is 6.92 Å². The Morgan fingerprint density at radius 1 is 1.28 bits per heavy atom. The van der Waals surface area contributed by atoms with Gasteiger partial charge in [-0.3, -0.25) is 4.79 Å². The molecule has 1 aromatic carbocycles. The predicted octanol–water partition coefficient (Wildman–Crippen LogP) is 3.46. The third-order valence-electron chi connectivity index (χ3n) is 4.13. The van der Waals surface area contributed by atoms with Crippen molar-refractivity contribution in [1.82, 2.24) is 0 Å². The van der Waals surface area contributed by atoms with Gasteiger partial charge in [0.05, 0.1) is 0 Å². The molecule has 1 fully saturated rings. The van der Waals surface area contributed by atoms with Crippen molar-refractivity contribution in [2.24, 2.45) is 5.92 Å². The van der Waals surface area contributed by atoms with Crippen LogP contribution in [-0.2, 0) is 0 Å². The van der Waals surface area contributed by atoms with Gasteiger partial charge in [-0.25, -0.2) is 0 Å². The van der Waals surface area contributed by atoms with Crippen LogP contribution in [0, 0.1) is 12.8 Å². The molecule has 1 aliphatic rings. The van der Waals surface area contributed by atoms with Gasteiger partial charge in [-0.2, -0.15) is 0 Å². The van der Waals surface area contributed by atoms with Crippen molar-refractivity contribution in [2.45, 2.75) is 45.4 Å². The number of Topliss-reactive ketones (excluding diaryl/α,β-unsaturated/α-hetero) is 1. The molecule has 0 amide bonds. The van der Waals surface area contributed by atoms with Gasteiger partial charge in [0.25, 0.3) is 0 Å². The van der Waals surface area contributed by atoms with E-state index in [4.69, 9.17) is 0 Å². The fourth-order valence-corrected chi connectivity index (χ4v) is 3.00.